The Hall–Kier alpha value is -1.82. The summed E-state index contributed by atoms with van der Waals surface area (Å²) in [6.07, 6.45) is 1.26. The molecule has 0 saturated heterocycles. The van der Waals surface area contributed by atoms with Gasteiger partial charge in [-0.3, -0.25) is 0 Å². The number of rotatable bonds is 0. The van der Waals surface area contributed by atoms with Gasteiger partial charge in [-0.15, -0.1) is 0 Å². The molecule has 2 aromatic rings. The van der Waals surface area contributed by atoms with Crippen LogP contribution >= 0.6 is 0 Å². The van der Waals surface area contributed by atoms with Gasteiger partial charge in [0.1, 0.15) is 12.3 Å². The van der Waals surface area contributed by atoms with Gasteiger partial charge >= 0.3 is 0 Å². The summed E-state index contributed by atoms with van der Waals surface area (Å²) in [5.41, 5.74) is 0.513. The zero-order valence-electron chi connectivity index (χ0n) is 6.04. The van der Waals surface area contributed by atoms with Crippen molar-refractivity contribution in [1.82, 2.24) is 0 Å². The van der Waals surface area contributed by atoms with E-state index in [-0.39, 0.29) is 5.58 Å². The number of nitriles is 1. The molecule has 1 heterocycles. The normalized spacial score (nSPS) is 10.0. The first-order chi connectivity index (χ1) is 5.83. The maximum Gasteiger partial charge on any atom is 0.170 e. The number of hydrogen-bond acceptors (Lipinski definition) is 2. The summed E-state index contributed by atoms with van der Waals surface area (Å²) < 4.78 is 17.8. The number of furan rings is 1. The first-order valence-corrected chi connectivity index (χ1v) is 3.39. The van der Waals surface area contributed by atoms with Gasteiger partial charge in [-0.05, 0) is 12.1 Å². The molecule has 1 aromatic heterocycles. The van der Waals surface area contributed by atoms with E-state index in [1.165, 1.54) is 12.3 Å². The minimum absolute atomic E-state index is 0.147. The zero-order chi connectivity index (χ0) is 8.55. The smallest absolute Gasteiger partial charge is 0.170 e. The number of halogens is 1. The van der Waals surface area contributed by atoms with E-state index in [0.29, 0.717) is 10.9 Å². The third kappa shape index (κ3) is 0.785. The number of hydrogen-bond donors (Lipinski definition) is 0. The number of para-hydroxylation sites is 1. The minimum Gasteiger partial charge on any atom is -0.460 e. The summed E-state index contributed by atoms with van der Waals surface area (Å²) in [4.78, 5) is 0. The minimum atomic E-state index is -0.436. The average Bonchev–Trinajstić information content (AvgIpc) is 2.49. The fraction of sp³-hybridized carbons (Fsp3) is 0. The quantitative estimate of drug-likeness (QED) is 0.595. The Labute approximate surface area is 67.8 Å². The van der Waals surface area contributed by atoms with Gasteiger partial charge in [-0.1, -0.05) is 6.07 Å². The lowest BCUT2D eigenvalue weighted by Gasteiger charge is -1.88. The second kappa shape index (κ2) is 2.35. The highest BCUT2D eigenvalue weighted by Gasteiger charge is 2.07. The molecule has 0 bridgehead atoms. The summed E-state index contributed by atoms with van der Waals surface area (Å²) >= 11 is 0. The molecule has 0 radical (unpaired) electrons. The van der Waals surface area contributed by atoms with Crippen LogP contribution in [0, 0.1) is 17.1 Å². The molecule has 0 spiro atoms. The lowest BCUT2D eigenvalue weighted by Crippen LogP contribution is -1.73. The van der Waals surface area contributed by atoms with Crippen molar-refractivity contribution in [3.8, 4) is 6.07 Å². The van der Waals surface area contributed by atoms with Crippen molar-refractivity contribution in [2.24, 2.45) is 0 Å². The van der Waals surface area contributed by atoms with Crippen LogP contribution in [0.3, 0.4) is 0 Å². The summed E-state index contributed by atoms with van der Waals surface area (Å²) in [6, 6.07) is 6.42. The summed E-state index contributed by atoms with van der Waals surface area (Å²) in [5, 5.41) is 9.11. The van der Waals surface area contributed by atoms with E-state index in [1.807, 2.05) is 6.07 Å². The second-order valence-corrected chi connectivity index (χ2v) is 2.38. The molecular weight excluding hydrogens is 157 g/mol. The summed E-state index contributed by atoms with van der Waals surface area (Å²) in [7, 11) is 0. The highest BCUT2D eigenvalue weighted by Crippen LogP contribution is 2.22. The molecule has 0 aliphatic carbocycles. The van der Waals surface area contributed by atoms with Crippen LogP contribution in [0.15, 0.2) is 28.9 Å². The lowest BCUT2D eigenvalue weighted by atomic mass is 10.2. The third-order valence-electron chi connectivity index (χ3n) is 1.67. The van der Waals surface area contributed by atoms with Gasteiger partial charge in [-0.25, -0.2) is 4.39 Å². The number of nitrogens with zero attached hydrogens (tertiary/aromatic N) is 1. The Balaban J connectivity index is 2.91. The molecule has 12 heavy (non-hydrogen) atoms. The van der Waals surface area contributed by atoms with E-state index in [2.05, 4.69) is 0 Å². The fourth-order valence-corrected chi connectivity index (χ4v) is 1.11. The molecule has 0 unspecified atom stereocenters. The lowest BCUT2D eigenvalue weighted by molar-refractivity contribution is 0.560. The van der Waals surface area contributed by atoms with Gasteiger partial charge in [0.05, 0.1) is 5.56 Å². The fourth-order valence-electron chi connectivity index (χ4n) is 1.11. The average molecular weight is 161 g/mol. The molecule has 1 aromatic carbocycles. The predicted molar refractivity (Wildman–Crippen MR) is 40.9 cm³/mol. The first kappa shape index (κ1) is 6.86. The molecule has 0 saturated carbocycles. The molecular formula is C9H4FNO. The molecule has 0 aliphatic heterocycles. The highest BCUT2D eigenvalue weighted by molar-refractivity contribution is 5.83. The van der Waals surface area contributed by atoms with Crippen LogP contribution in [-0.2, 0) is 0 Å². The maximum absolute atomic E-state index is 12.9. The van der Waals surface area contributed by atoms with Gasteiger partial charge in [0.2, 0.25) is 0 Å². The molecule has 0 amide bonds. The monoisotopic (exact) mass is 161 g/mol. The van der Waals surface area contributed by atoms with E-state index < -0.39 is 5.82 Å². The van der Waals surface area contributed by atoms with Crippen LogP contribution in [0.4, 0.5) is 4.39 Å². The molecule has 2 rings (SSSR count). The van der Waals surface area contributed by atoms with Crippen molar-refractivity contribution in [3.05, 3.63) is 35.8 Å². The highest BCUT2D eigenvalue weighted by atomic mass is 19.1. The van der Waals surface area contributed by atoms with Crippen molar-refractivity contribution in [2.75, 3.05) is 0 Å². The molecule has 0 atom stereocenters. The Bertz CT molecular complexity index is 467. The maximum atomic E-state index is 12.9. The Morgan fingerprint density at radius 3 is 3.00 bits per heavy atom. The molecule has 0 fully saturated rings. The van der Waals surface area contributed by atoms with Crippen LogP contribution in [0.5, 0.6) is 0 Å². The van der Waals surface area contributed by atoms with E-state index in [0.717, 1.165) is 0 Å². The molecule has 2 nitrogen and oxygen atoms in total. The standard InChI is InChI=1S/C9H4FNO/c10-8-3-1-2-7-6(4-11)5-12-9(7)8/h1-3,5H. The molecule has 0 aliphatic rings. The summed E-state index contributed by atoms with van der Waals surface area (Å²) in [5.74, 6) is -0.436. The van der Waals surface area contributed by atoms with Gasteiger partial charge in [0.15, 0.2) is 11.4 Å². The van der Waals surface area contributed by atoms with E-state index >= 15 is 0 Å². The predicted octanol–water partition coefficient (Wildman–Crippen LogP) is 2.44. The van der Waals surface area contributed by atoms with E-state index in [4.69, 9.17) is 9.68 Å². The largest absolute Gasteiger partial charge is 0.460 e. The van der Waals surface area contributed by atoms with Crippen molar-refractivity contribution < 1.29 is 8.81 Å². The topological polar surface area (TPSA) is 36.9 Å². The van der Waals surface area contributed by atoms with Gasteiger partial charge in [-0.2, -0.15) is 5.26 Å². The Morgan fingerprint density at radius 1 is 1.42 bits per heavy atom. The van der Waals surface area contributed by atoms with E-state index in [9.17, 15) is 4.39 Å². The van der Waals surface area contributed by atoms with Crippen LogP contribution in [0.25, 0.3) is 11.0 Å². The van der Waals surface area contributed by atoms with Gasteiger partial charge in [0.25, 0.3) is 0 Å². The van der Waals surface area contributed by atoms with Crippen molar-refractivity contribution in [2.45, 2.75) is 0 Å². The van der Waals surface area contributed by atoms with Crippen LogP contribution in [0.2, 0.25) is 0 Å². The first-order valence-electron chi connectivity index (χ1n) is 3.39. The van der Waals surface area contributed by atoms with Gasteiger partial charge < -0.3 is 4.42 Å². The van der Waals surface area contributed by atoms with Crippen molar-refractivity contribution in [3.63, 3.8) is 0 Å². The number of benzene rings is 1. The van der Waals surface area contributed by atoms with Crippen molar-refractivity contribution >= 4 is 11.0 Å². The van der Waals surface area contributed by atoms with Crippen LogP contribution < -0.4 is 0 Å². The van der Waals surface area contributed by atoms with Crippen LogP contribution in [0.1, 0.15) is 5.56 Å². The van der Waals surface area contributed by atoms with Gasteiger partial charge in [0, 0.05) is 5.39 Å². The Kier molecular flexibility index (Phi) is 1.34. The molecule has 58 valence electrons. The Morgan fingerprint density at radius 2 is 2.25 bits per heavy atom. The second-order valence-electron chi connectivity index (χ2n) is 2.38. The van der Waals surface area contributed by atoms with Crippen molar-refractivity contribution in [1.29, 1.82) is 5.26 Å². The van der Waals surface area contributed by atoms with Crippen LogP contribution in [-0.4, -0.2) is 0 Å². The number of fused-ring (bicyclic) bond motifs is 1. The molecule has 0 N–H and O–H groups in total. The summed E-state index contributed by atoms with van der Waals surface area (Å²) in [6.45, 7) is 0. The third-order valence-corrected chi connectivity index (χ3v) is 1.67. The SMILES string of the molecule is N#Cc1coc2c(F)cccc12. The zero-order valence-corrected chi connectivity index (χ0v) is 6.04. The van der Waals surface area contributed by atoms with E-state index in [1.54, 1.807) is 12.1 Å². The molecule has 3 heteroatoms.